The van der Waals surface area contributed by atoms with E-state index in [0.717, 1.165) is 36.0 Å². The molecule has 1 fully saturated rings. The van der Waals surface area contributed by atoms with Crippen LogP contribution in [0.5, 0.6) is 0 Å². The first-order chi connectivity index (χ1) is 19.6. The number of carbonyl (C=O) groups is 1. The van der Waals surface area contributed by atoms with Crippen molar-refractivity contribution in [2.24, 2.45) is 7.05 Å². The van der Waals surface area contributed by atoms with Crippen LogP contribution in [0.1, 0.15) is 45.7 Å². The van der Waals surface area contributed by atoms with Gasteiger partial charge in [0.2, 0.25) is 0 Å². The molecule has 1 saturated carbocycles. The number of halogens is 4. The lowest BCUT2D eigenvalue weighted by Crippen LogP contribution is -2.33. The molecule has 6 rings (SSSR count). The highest BCUT2D eigenvalue weighted by atomic mass is 35.5. The van der Waals surface area contributed by atoms with Crippen LogP contribution in [0, 0.1) is 11.8 Å². The Morgan fingerprint density at radius 1 is 1.07 bits per heavy atom. The van der Waals surface area contributed by atoms with Crippen molar-refractivity contribution in [3.63, 3.8) is 0 Å². The van der Waals surface area contributed by atoms with E-state index in [2.05, 4.69) is 31.9 Å². The van der Waals surface area contributed by atoms with Gasteiger partial charge in [0, 0.05) is 42.0 Å². The quantitative estimate of drug-likeness (QED) is 0.289. The summed E-state index contributed by atoms with van der Waals surface area (Å²) >= 11 is 6.58. The number of rotatable bonds is 4. The average Bonchev–Trinajstić information content (AvgIpc) is 3.71. The minimum Gasteiger partial charge on any atom is -0.383 e. The Bertz CT molecular complexity index is 1870. The van der Waals surface area contributed by atoms with E-state index in [1.54, 1.807) is 53.3 Å². The zero-order chi connectivity index (χ0) is 28.9. The fourth-order valence-electron chi connectivity index (χ4n) is 4.60. The fraction of sp³-hybridized carbons (Fsp3) is 0.207. The van der Waals surface area contributed by atoms with Gasteiger partial charge in [0.25, 0.3) is 5.91 Å². The number of nitrogens with two attached hydrogens (primary N) is 1. The SMILES string of the molecule is Cn1ncc2c(N)nc3cc(Cl)c(C(=O)N(Cc4ccc(C#Cc5ccc(C(F)(F)F)nc5)cn4)C4CC4)cc3c21. The molecule has 1 amide bonds. The van der Waals surface area contributed by atoms with Crippen molar-refractivity contribution in [2.45, 2.75) is 31.6 Å². The summed E-state index contributed by atoms with van der Waals surface area (Å²) in [5.74, 6) is 5.79. The summed E-state index contributed by atoms with van der Waals surface area (Å²) in [6.07, 6.45) is 1.55. The van der Waals surface area contributed by atoms with Crippen LogP contribution in [-0.4, -0.2) is 41.6 Å². The van der Waals surface area contributed by atoms with Gasteiger partial charge in [-0.25, -0.2) is 4.98 Å². The zero-order valence-electron chi connectivity index (χ0n) is 21.6. The summed E-state index contributed by atoms with van der Waals surface area (Å²) in [5, 5.41) is 5.98. The number of hydrogen-bond acceptors (Lipinski definition) is 6. The molecule has 0 bridgehead atoms. The lowest BCUT2D eigenvalue weighted by Gasteiger charge is -2.23. The third-order valence-corrected chi connectivity index (χ3v) is 7.15. The predicted molar refractivity (Wildman–Crippen MR) is 148 cm³/mol. The van der Waals surface area contributed by atoms with Crippen LogP contribution in [0.2, 0.25) is 5.02 Å². The van der Waals surface area contributed by atoms with Crippen LogP contribution < -0.4 is 5.73 Å². The van der Waals surface area contributed by atoms with Crippen LogP contribution in [0.4, 0.5) is 19.0 Å². The number of aromatic nitrogens is 5. The maximum Gasteiger partial charge on any atom is 0.433 e. The fourth-order valence-corrected chi connectivity index (χ4v) is 4.84. The van der Waals surface area contributed by atoms with Crippen molar-refractivity contribution < 1.29 is 18.0 Å². The summed E-state index contributed by atoms with van der Waals surface area (Å²) in [6.45, 7) is 0.273. The number of fused-ring (bicyclic) bond motifs is 3. The van der Waals surface area contributed by atoms with Gasteiger partial charge in [-0.3, -0.25) is 19.4 Å². The molecule has 4 aromatic heterocycles. The van der Waals surface area contributed by atoms with Crippen molar-refractivity contribution in [2.75, 3.05) is 5.73 Å². The summed E-state index contributed by atoms with van der Waals surface area (Å²) < 4.78 is 39.8. The molecular formula is C29H21ClF3N7O. The minimum atomic E-state index is -4.50. The molecule has 4 heterocycles. The maximum atomic E-state index is 13.8. The summed E-state index contributed by atoms with van der Waals surface area (Å²) in [5.41, 5.74) is 8.41. The molecule has 5 aromatic rings. The Morgan fingerprint density at radius 3 is 2.39 bits per heavy atom. The van der Waals surface area contributed by atoms with E-state index >= 15 is 0 Å². The van der Waals surface area contributed by atoms with E-state index in [-0.39, 0.29) is 23.5 Å². The lowest BCUT2D eigenvalue weighted by molar-refractivity contribution is -0.141. The number of carbonyl (C=O) groups excluding carboxylic acids is 1. The predicted octanol–water partition coefficient (Wildman–Crippen LogP) is 5.37. The molecule has 0 aliphatic heterocycles. The van der Waals surface area contributed by atoms with E-state index in [1.807, 2.05) is 0 Å². The summed E-state index contributed by atoms with van der Waals surface area (Å²) in [7, 11) is 1.80. The normalized spacial score (nSPS) is 13.3. The number of hydrogen-bond donors (Lipinski definition) is 1. The van der Waals surface area contributed by atoms with E-state index in [0.29, 0.717) is 39.1 Å². The number of anilines is 1. The third kappa shape index (κ3) is 5.26. The number of amides is 1. The average molecular weight is 576 g/mol. The van der Waals surface area contributed by atoms with Gasteiger partial charge in [0.05, 0.1) is 45.4 Å². The van der Waals surface area contributed by atoms with Gasteiger partial charge in [-0.2, -0.15) is 18.3 Å². The van der Waals surface area contributed by atoms with Crippen molar-refractivity contribution in [1.82, 2.24) is 29.6 Å². The molecular weight excluding hydrogens is 555 g/mol. The molecule has 1 aromatic carbocycles. The lowest BCUT2D eigenvalue weighted by atomic mass is 10.1. The molecule has 206 valence electrons. The van der Waals surface area contributed by atoms with Gasteiger partial charge in [-0.1, -0.05) is 23.4 Å². The highest BCUT2D eigenvalue weighted by Gasteiger charge is 2.34. The molecule has 1 aliphatic carbocycles. The Morgan fingerprint density at radius 2 is 1.78 bits per heavy atom. The smallest absolute Gasteiger partial charge is 0.383 e. The Labute approximate surface area is 237 Å². The molecule has 0 radical (unpaired) electrons. The first-order valence-corrected chi connectivity index (χ1v) is 13.0. The van der Waals surface area contributed by atoms with Gasteiger partial charge >= 0.3 is 6.18 Å². The molecule has 2 N–H and O–H groups in total. The number of alkyl halides is 3. The van der Waals surface area contributed by atoms with Crippen molar-refractivity contribution in [3.05, 3.63) is 88.1 Å². The monoisotopic (exact) mass is 575 g/mol. The molecule has 8 nitrogen and oxygen atoms in total. The Balaban J connectivity index is 1.24. The molecule has 0 unspecified atom stereocenters. The molecule has 0 atom stereocenters. The minimum absolute atomic E-state index is 0.0731. The van der Waals surface area contributed by atoms with Crippen LogP contribution >= 0.6 is 11.6 Å². The molecule has 0 saturated heterocycles. The van der Waals surface area contributed by atoms with Gasteiger partial charge in [-0.05, 0) is 49.2 Å². The molecule has 1 aliphatic rings. The number of pyridine rings is 3. The van der Waals surface area contributed by atoms with E-state index in [9.17, 15) is 18.0 Å². The van der Waals surface area contributed by atoms with E-state index in [4.69, 9.17) is 17.3 Å². The highest BCUT2D eigenvalue weighted by Crippen LogP contribution is 2.35. The van der Waals surface area contributed by atoms with Crippen molar-refractivity contribution in [1.29, 1.82) is 0 Å². The van der Waals surface area contributed by atoms with Crippen molar-refractivity contribution in [3.8, 4) is 11.8 Å². The second-order valence-electron chi connectivity index (χ2n) is 9.76. The van der Waals surface area contributed by atoms with Crippen LogP contribution in [0.25, 0.3) is 21.8 Å². The van der Waals surface area contributed by atoms with Gasteiger partial charge in [0.15, 0.2) is 0 Å². The van der Waals surface area contributed by atoms with Crippen LogP contribution in [-0.2, 0) is 19.8 Å². The topological polar surface area (TPSA) is 103 Å². The first-order valence-electron chi connectivity index (χ1n) is 12.6. The number of nitrogen functional groups attached to an aromatic ring is 1. The van der Waals surface area contributed by atoms with E-state index < -0.39 is 11.9 Å². The first kappa shape index (κ1) is 26.5. The standard InChI is InChI=1S/C29H21ClF3N7O/c1-39-26-21-10-20(23(30)11-24(21)38-27(34)22(26)14-37-39)28(41)40(19-7-8-19)15-18-6-4-16(12-35-18)2-3-17-5-9-25(36-13-17)29(31,32)33/h4-6,9-14,19H,7-8,15H2,1H3,(H2,34,38). The molecule has 0 spiro atoms. The van der Waals surface area contributed by atoms with E-state index in [1.165, 1.54) is 6.07 Å². The van der Waals surface area contributed by atoms with Crippen LogP contribution in [0.3, 0.4) is 0 Å². The second-order valence-corrected chi connectivity index (χ2v) is 10.2. The summed E-state index contributed by atoms with van der Waals surface area (Å²) in [4.78, 5) is 27.9. The Kier molecular flexibility index (Phi) is 6.50. The largest absolute Gasteiger partial charge is 0.433 e. The number of benzene rings is 1. The molecule has 41 heavy (non-hydrogen) atoms. The number of nitrogens with zero attached hydrogens (tertiary/aromatic N) is 6. The highest BCUT2D eigenvalue weighted by molar-refractivity contribution is 6.35. The summed E-state index contributed by atoms with van der Waals surface area (Å²) in [6, 6.07) is 9.15. The third-order valence-electron chi connectivity index (χ3n) is 6.84. The zero-order valence-corrected chi connectivity index (χ0v) is 22.3. The molecule has 12 heteroatoms. The van der Waals surface area contributed by atoms with Gasteiger partial charge in [0.1, 0.15) is 11.5 Å². The van der Waals surface area contributed by atoms with Gasteiger partial charge in [-0.15, -0.1) is 0 Å². The van der Waals surface area contributed by atoms with Crippen LogP contribution in [0.15, 0.2) is 55.0 Å². The number of aryl methyl sites for hydroxylation is 1. The van der Waals surface area contributed by atoms with Gasteiger partial charge < -0.3 is 10.6 Å². The van der Waals surface area contributed by atoms with Crippen molar-refractivity contribution >= 4 is 45.1 Å². The second kappa shape index (κ2) is 10.1. The maximum absolute atomic E-state index is 13.8. The Hall–Kier alpha value is -4.69.